The van der Waals surface area contributed by atoms with E-state index >= 15 is 0 Å². The highest BCUT2D eigenvalue weighted by Crippen LogP contribution is 2.26. The van der Waals surface area contributed by atoms with Gasteiger partial charge in [-0.15, -0.1) is 0 Å². The van der Waals surface area contributed by atoms with Gasteiger partial charge in [0.15, 0.2) is 0 Å². The van der Waals surface area contributed by atoms with Gasteiger partial charge in [-0.25, -0.2) is 0 Å². The molecule has 1 saturated carbocycles. The molecule has 1 unspecified atom stereocenters. The molecule has 0 amide bonds. The van der Waals surface area contributed by atoms with Gasteiger partial charge in [-0.2, -0.15) is 0 Å². The van der Waals surface area contributed by atoms with E-state index in [4.69, 9.17) is 0 Å². The van der Waals surface area contributed by atoms with Crippen molar-refractivity contribution in [3.63, 3.8) is 0 Å². The molecule has 0 heterocycles. The molecule has 0 radical (unpaired) electrons. The summed E-state index contributed by atoms with van der Waals surface area (Å²) in [5, 5.41) is 10.2. The van der Waals surface area contributed by atoms with Crippen LogP contribution in [0.5, 0.6) is 0 Å². The number of rotatable bonds is 4. The number of likely N-dealkylation sites (N-methyl/N-ethyl adjacent to an activating group) is 1. The molecule has 0 aliphatic heterocycles. The molecule has 0 spiro atoms. The first-order valence-electron chi connectivity index (χ1n) is 6.12. The Balaban J connectivity index is 1.96. The number of hydrogen-bond acceptors (Lipinski definition) is 2. The number of aliphatic hydroxyl groups excluding tert-OH is 1. The van der Waals surface area contributed by atoms with Crippen LogP contribution in [0.25, 0.3) is 0 Å². The van der Waals surface area contributed by atoms with Crippen molar-refractivity contribution in [3.8, 4) is 0 Å². The topological polar surface area (TPSA) is 23.5 Å². The lowest BCUT2D eigenvalue weighted by Crippen LogP contribution is -2.39. The summed E-state index contributed by atoms with van der Waals surface area (Å²) in [6.07, 6.45) is 3.57. The van der Waals surface area contributed by atoms with Crippen LogP contribution in [0.15, 0.2) is 24.3 Å². The number of benzene rings is 1. The molecule has 1 aliphatic rings. The van der Waals surface area contributed by atoms with Crippen LogP contribution in [-0.2, 0) is 0 Å². The van der Waals surface area contributed by atoms with Crippen LogP contribution in [0.4, 0.5) is 0 Å². The summed E-state index contributed by atoms with van der Waals surface area (Å²) in [5.74, 6) is 0. The van der Waals surface area contributed by atoms with Crippen molar-refractivity contribution in [2.24, 2.45) is 0 Å². The van der Waals surface area contributed by atoms with Gasteiger partial charge in [0.1, 0.15) is 0 Å². The lowest BCUT2D eigenvalue weighted by molar-refractivity contribution is 0.0773. The monoisotopic (exact) mass is 219 g/mol. The highest BCUT2D eigenvalue weighted by Gasteiger charge is 2.24. The Morgan fingerprint density at radius 2 is 2.06 bits per heavy atom. The minimum Gasteiger partial charge on any atom is -0.387 e. The molecule has 2 nitrogen and oxygen atoms in total. The van der Waals surface area contributed by atoms with E-state index < -0.39 is 0 Å². The largest absolute Gasteiger partial charge is 0.387 e. The molecule has 1 aromatic carbocycles. The number of aryl methyl sites for hydroxylation is 1. The second kappa shape index (κ2) is 4.98. The SMILES string of the molecule is Cc1ccccc1C(O)CN(C)C1CCC1. The summed E-state index contributed by atoms with van der Waals surface area (Å²) in [7, 11) is 2.12. The first kappa shape index (κ1) is 11.6. The Morgan fingerprint density at radius 3 is 2.62 bits per heavy atom. The number of aliphatic hydroxyl groups is 1. The van der Waals surface area contributed by atoms with Crippen molar-refractivity contribution < 1.29 is 5.11 Å². The zero-order valence-corrected chi connectivity index (χ0v) is 10.2. The summed E-state index contributed by atoms with van der Waals surface area (Å²) < 4.78 is 0. The van der Waals surface area contributed by atoms with Gasteiger partial charge in [-0.3, -0.25) is 0 Å². The quantitative estimate of drug-likeness (QED) is 0.841. The van der Waals surface area contributed by atoms with Gasteiger partial charge >= 0.3 is 0 Å². The first-order chi connectivity index (χ1) is 7.68. The third-order valence-corrected chi connectivity index (χ3v) is 3.71. The fourth-order valence-corrected chi connectivity index (χ4v) is 2.31. The Labute approximate surface area is 97.9 Å². The fourth-order valence-electron chi connectivity index (χ4n) is 2.31. The Bertz CT molecular complexity index is 346. The Kier molecular flexibility index (Phi) is 3.62. The van der Waals surface area contributed by atoms with Gasteiger partial charge in [0.2, 0.25) is 0 Å². The van der Waals surface area contributed by atoms with Crippen LogP contribution >= 0.6 is 0 Å². The van der Waals surface area contributed by atoms with Crippen molar-refractivity contribution in [3.05, 3.63) is 35.4 Å². The van der Waals surface area contributed by atoms with Crippen molar-refractivity contribution in [2.45, 2.75) is 38.3 Å². The van der Waals surface area contributed by atoms with Crippen LogP contribution in [0.3, 0.4) is 0 Å². The zero-order valence-electron chi connectivity index (χ0n) is 10.2. The normalized spacial score (nSPS) is 18.5. The van der Waals surface area contributed by atoms with E-state index in [1.807, 2.05) is 18.2 Å². The predicted octanol–water partition coefficient (Wildman–Crippen LogP) is 2.51. The summed E-state index contributed by atoms with van der Waals surface area (Å²) in [4.78, 5) is 2.29. The molecule has 1 fully saturated rings. The average molecular weight is 219 g/mol. The molecule has 0 bridgehead atoms. The third kappa shape index (κ3) is 2.45. The first-order valence-corrected chi connectivity index (χ1v) is 6.12. The lowest BCUT2D eigenvalue weighted by Gasteiger charge is -2.36. The Morgan fingerprint density at radius 1 is 1.38 bits per heavy atom. The highest BCUT2D eigenvalue weighted by molar-refractivity contribution is 5.27. The number of hydrogen-bond donors (Lipinski definition) is 1. The van der Waals surface area contributed by atoms with Gasteiger partial charge < -0.3 is 10.0 Å². The van der Waals surface area contributed by atoms with Gasteiger partial charge in [0.25, 0.3) is 0 Å². The van der Waals surface area contributed by atoms with Crippen LogP contribution in [0, 0.1) is 6.92 Å². The van der Waals surface area contributed by atoms with Crippen LogP contribution in [0.1, 0.15) is 36.5 Å². The molecule has 1 aromatic rings. The van der Waals surface area contributed by atoms with Crippen LogP contribution in [-0.4, -0.2) is 29.6 Å². The van der Waals surface area contributed by atoms with Gasteiger partial charge in [0.05, 0.1) is 6.10 Å². The maximum atomic E-state index is 10.2. The van der Waals surface area contributed by atoms with Crippen molar-refractivity contribution >= 4 is 0 Å². The zero-order chi connectivity index (χ0) is 11.5. The molecule has 1 N–H and O–H groups in total. The minimum absolute atomic E-state index is 0.355. The average Bonchev–Trinajstić information content (AvgIpc) is 2.15. The molecule has 88 valence electrons. The molecule has 2 rings (SSSR count). The lowest BCUT2D eigenvalue weighted by atomic mass is 9.91. The standard InChI is InChI=1S/C14H21NO/c1-11-6-3-4-9-13(11)14(16)10-15(2)12-7-5-8-12/h3-4,6,9,12,14,16H,5,7-8,10H2,1-2H3. The van der Waals surface area contributed by atoms with E-state index in [0.29, 0.717) is 6.04 Å². The van der Waals surface area contributed by atoms with E-state index in [0.717, 1.165) is 12.1 Å². The van der Waals surface area contributed by atoms with Crippen molar-refractivity contribution in [1.29, 1.82) is 0 Å². The number of nitrogens with zero attached hydrogens (tertiary/aromatic N) is 1. The van der Waals surface area contributed by atoms with E-state index in [1.165, 1.54) is 24.8 Å². The fraction of sp³-hybridized carbons (Fsp3) is 0.571. The second-order valence-corrected chi connectivity index (χ2v) is 4.90. The summed E-state index contributed by atoms with van der Waals surface area (Å²) >= 11 is 0. The molecular formula is C14H21NO. The minimum atomic E-state index is -0.355. The molecule has 16 heavy (non-hydrogen) atoms. The van der Waals surface area contributed by atoms with E-state index in [2.05, 4.69) is 24.9 Å². The van der Waals surface area contributed by atoms with Crippen molar-refractivity contribution in [2.75, 3.05) is 13.6 Å². The Hall–Kier alpha value is -0.860. The van der Waals surface area contributed by atoms with E-state index in [-0.39, 0.29) is 6.10 Å². The third-order valence-electron chi connectivity index (χ3n) is 3.71. The molecule has 0 aromatic heterocycles. The molecule has 1 atom stereocenters. The maximum Gasteiger partial charge on any atom is 0.0919 e. The maximum absolute atomic E-state index is 10.2. The van der Waals surface area contributed by atoms with E-state index in [9.17, 15) is 5.11 Å². The second-order valence-electron chi connectivity index (χ2n) is 4.90. The highest BCUT2D eigenvalue weighted by atomic mass is 16.3. The van der Waals surface area contributed by atoms with Gasteiger partial charge in [-0.1, -0.05) is 30.7 Å². The van der Waals surface area contributed by atoms with Crippen molar-refractivity contribution in [1.82, 2.24) is 4.90 Å². The molecule has 1 aliphatic carbocycles. The van der Waals surface area contributed by atoms with Gasteiger partial charge in [0, 0.05) is 12.6 Å². The van der Waals surface area contributed by atoms with Crippen LogP contribution in [0.2, 0.25) is 0 Å². The molecule has 2 heteroatoms. The van der Waals surface area contributed by atoms with E-state index in [1.54, 1.807) is 0 Å². The molecular weight excluding hydrogens is 198 g/mol. The smallest absolute Gasteiger partial charge is 0.0919 e. The predicted molar refractivity (Wildman–Crippen MR) is 66.4 cm³/mol. The summed E-state index contributed by atoms with van der Waals surface area (Å²) in [6, 6.07) is 8.78. The molecule has 0 saturated heterocycles. The van der Waals surface area contributed by atoms with Crippen LogP contribution < -0.4 is 0 Å². The summed E-state index contributed by atoms with van der Waals surface area (Å²) in [5.41, 5.74) is 2.24. The summed E-state index contributed by atoms with van der Waals surface area (Å²) in [6.45, 7) is 2.80. The van der Waals surface area contributed by atoms with Gasteiger partial charge in [-0.05, 0) is 37.9 Å².